The first-order chi connectivity index (χ1) is 13.8. The summed E-state index contributed by atoms with van der Waals surface area (Å²) in [6, 6.07) is 19.9. The minimum atomic E-state index is -0.221. The number of fused-ring (bicyclic) bond motifs is 1. The van der Waals surface area contributed by atoms with Crippen molar-refractivity contribution in [2.45, 2.75) is 57.7 Å². The van der Waals surface area contributed by atoms with E-state index in [2.05, 4.69) is 35.6 Å². The van der Waals surface area contributed by atoms with Crippen LogP contribution in [-0.2, 0) is 13.2 Å². The molecule has 4 rings (SSSR count). The van der Waals surface area contributed by atoms with Crippen LogP contribution in [0, 0.1) is 5.82 Å². The third-order valence-corrected chi connectivity index (χ3v) is 5.76. The van der Waals surface area contributed by atoms with Gasteiger partial charge in [0.2, 0.25) is 0 Å². The van der Waals surface area contributed by atoms with E-state index in [0.717, 1.165) is 12.3 Å². The Hall–Kier alpha value is -2.10. The first-order valence-corrected chi connectivity index (χ1v) is 10.4. The van der Waals surface area contributed by atoms with E-state index in [-0.39, 0.29) is 24.8 Å². The molecule has 154 valence electrons. The lowest BCUT2D eigenvalue weighted by atomic mass is 10.0. The van der Waals surface area contributed by atoms with E-state index in [1.807, 2.05) is 12.1 Å². The smallest absolute Gasteiger partial charge is 0.129 e. The molecule has 0 unspecified atom stereocenters. The number of hydrogen-bond donors (Lipinski definition) is 1. The molecular weight excluding hydrogens is 385 g/mol. The van der Waals surface area contributed by atoms with Gasteiger partial charge in [0.15, 0.2) is 0 Å². The Morgan fingerprint density at radius 3 is 2.38 bits per heavy atom. The lowest BCUT2D eigenvalue weighted by Crippen LogP contribution is -2.28. The van der Waals surface area contributed by atoms with Crippen LogP contribution >= 0.6 is 12.4 Å². The number of halogens is 2. The van der Waals surface area contributed by atoms with E-state index in [1.54, 1.807) is 12.1 Å². The summed E-state index contributed by atoms with van der Waals surface area (Å²) < 4.78 is 20.1. The molecule has 0 heterocycles. The summed E-state index contributed by atoms with van der Waals surface area (Å²) in [5.74, 6) is 0.615. The normalized spacial score (nSPS) is 14.9. The average Bonchev–Trinajstić information content (AvgIpc) is 3.01. The maximum Gasteiger partial charge on any atom is 0.129 e. The Morgan fingerprint density at radius 1 is 0.862 bits per heavy atom. The highest BCUT2D eigenvalue weighted by molar-refractivity contribution is 5.87. The summed E-state index contributed by atoms with van der Waals surface area (Å²) in [6.07, 6.45) is 7.81. The molecule has 0 aromatic heterocycles. The second kappa shape index (κ2) is 10.6. The highest BCUT2D eigenvalue weighted by Crippen LogP contribution is 2.29. The van der Waals surface area contributed by atoms with E-state index < -0.39 is 0 Å². The van der Waals surface area contributed by atoms with Crippen LogP contribution in [0.4, 0.5) is 4.39 Å². The highest BCUT2D eigenvalue weighted by atomic mass is 35.5. The molecule has 1 aliphatic rings. The number of ether oxygens (including phenoxy) is 1. The van der Waals surface area contributed by atoms with Gasteiger partial charge in [0.05, 0.1) is 0 Å². The molecule has 1 saturated carbocycles. The van der Waals surface area contributed by atoms with Gasteiger partial charge in [-0.1, -0.05) is 74.2 Å². The highest BCUT2D eigenvalue weighted by Gasteiger charge is 2.15. The van der Waals surface area contributed by atoms with Gasteiger partial charge in [0, 0.05) is 23.7 Å². The Bertz CT molecular complexity index is 922. The van der Waals surface area contributed by atoms with Gasteiger partial charge in [-0.25, -0.2) is 4.39 Å². The van der Waals surface area contributed by atoms with Crippen molar-refractivity contribution in [3.63, 3.8) is 0 Å². The van der Waals surface area contributed by atoms with Crippen LogP contribution < -0.4 is 10.1 Å². The fourth-order valence-electron chi connectivity index (χ4n) is 4.13. The van der Waals surface area contributed by atoms with Crippen molar-refractivity contribution in [3.8, 4) is 5.75 Å². The molecule has 1 N–H and O–H groups in total. The molecule has 29 heavy (non-hydrogen) atoms. The molecule has 2 nitrogen and oxygen atoms in total. The zero-order chi connectivity index (χ0) is 19.2. The van der Waals surface area contributed by atoms with Gasteiger partial charge in [-0.15, -0.1) is 12.4 Å². The van der Waals surface area contributed by atoms with Crippen molar-refractivity contribution in [1.82, 2.24) is 5.32 Å². The lowest BCUT2D eigenvalue weighted by molar-refractivity contribution is 0.295. The van der Waals surface area contributed by atoms with Crippen molar-refractivity contribution in [1.29, 1.82) is 0 Å². The molecule has 0 aliphatic heterocycles. The SMILES string of the molecule is Cl.Fc1ccccc1COc1ccc2ccccc2c1CNC1CCCCCC1. The summed E-state index contributed by atoms with van der Waals surface area (Å²) in [4.78, 5) is 0. The monoisotopic (exact) mass is 413 g/mol. The molecule has 1 aliphatic carbocycles. The van der Waals surface area contributed by atoms with E-state index in [0.29, 0.717) is 11.6 Å². The van der Waals surface area contributed by atoms with Gasteiger partial charge in [0.1, 0.15) is 18.2 Å². The molecule has 0 saturated heterocycles. The molecule has 1 fully saturated rings. The molecule has 0 bridgehead atoms. The maximum absolute atomic E-state index is 14.0. The van der Waals surface area contributed by atoms with Crippen LogP contribution in [0.3, 0.4) is 0 Å². The lowest BCUT2D eigenvalue weighted by Gasteiger charge is -2.19. The molecule has 0 atom stereocenters. The molecule has 4 heteroatoms. The predicted octanol–water partition coefficient (Wildman–Crippen LogP) is 6.79. The fraction of sp³-hybridized carbons (Fsp3) is 0.360. The van der Waals surface area contributed by atoms with E-state index >= 15 is 0 Å². The number of benzene rings is 3. The second-order valence-electron chi connectivity index (χ2n) is 7.71. The molecule has 0 amide bonds. The van der Waals surface area contributed by atoms with Crippen molar-refractivity contribution < 1.29 is 9.13 Å². The van der Waals surface area contributed by atoms with Crippen LogP contribution in [0.2, 0.25) is 0 Å². The van der Waals surface area contributed by atoms with Gasteiger partial charge >= 0.3 is 0 Å². The number of rotatable bonds is 6. The molecule has 3 aromatic rings. The summed E-state index contributed by atoms with van der Waals surface area (Å²) in [5.41, 5.74) is 1.75. The van der Waals surface area contributed by atoms with Crippen LogP contribution in [0.1, 0.15) is 49.7 Å². The third-order valence-electron chi connectivity index (χ3n) is 5.76. The minimum Gasteiger partial charge on any atom is -0.488 e. The quantitative estimate of drug-likeness (QED) is 0.449. The summed E-state index contributed by atoms with van der Waals surface area (Å²) in [6.45, 7) is 1.01. The Balaban J connectivity index is 0.00000240. The first-order valence-electron chi connectivity index (χ1n) is 10.4. The van der Waals surface area contributed by atoms with Gasteiger partial charge in [-0.2, -0.15) is 0 Å². The Labute approximate surface area is 178 Å². The molecular formula is C25H29ClFNO. The molecule has 3 aromatic carbocycles. The Kier molecular flexibility index (Phi) is 7.91. The molecule has 0 radical (unpaired) electrons. The maximum atomic E-state index is 14.0. The number of nitrogens with one attached hydrogen (secondary N) is 1. The summed E-state index contributed by atoms with van der Waals surface area (Å²) in [7, 11) is 0. The van der Waals surface area contributed by atoms with E-state index in [1.165, 1.54) is 60.9 Å². The van der Waals surface area contributed by atoms with Crippen molar-refractivity contribution in [3.05, 3.63) is 77.6 Å². The average molecular weight is 414 g/mol. The second-order valence-corrected chi connectivity index (χ2v) is 7.71. The largest absolute Gasteiger partial charge is 0.488 e. The van der Waals surface area contributed by atoms with Crippen molar-refractivity contribution in [2.24, 2.45) is 0 Å². The van der Waals surface area contributed by atoms with Crippen LogP contribution in [0.25, 0.3) is 10.8 Å². The van der Waals surface area contributed by atoms with Gasteiger partial charge in [-0.3, -0.25) is 0 Å². The standard InChI is InChI=1S/C25H28FNO.ClH/c26-24-14-8-6-10-20(24)18-28-25-16-15-19-9-5-7-13-22(19)23(25)17-27-21-11-3-1-2-4-12-21;/h5-10,13-16,21,27H,1-4,11-12,17-18H2;1H. The van der Waals surface area contributed by atoms with Crippen LogP contribution in [-0.4, -0.2) is 6.04 Å². The minimum absolute atomic E-state index is 0. The van der Waals surface area contributed by atoms with Crippen molar-refractivity contribution in [2.75, 3.05) is 0 Å². The fourth-order valence-corrected chi connectivity index (χ4v) is 4.13. The van der Waals surface area contributed by atoms with Gasteiger partial charge < -0.3 is 10.1 Å². The molecule has 0 spiro atoms. The topological polar surface area (TPSA) is 21.3 Å². The van der Waals surface area contributed by atoms with E-state index in [9.17, 15) is 4.39 Å². The van der Waals surface area contributed by atoms with E-state index in [4.69, 9.17) is 4.74 Å². The van der Waals surface area contributed by atoms with Crippen LogP contribution in [0.5, 0.6) is 5.75 Å². The first kappa shape index (κ1) is 21.6. The van der Waals surface area contributed by atoms with Crippen LogP contribution in [0.15, 0.2) is 60.7 Å². The summed E-state index contributed by atoms with van der Waals surface area (Å²) in [5, 5.41) is 6.18. The zero-order valence-corrected chi connectivity index (χ0v) is 17.5. The Morgan fingerprint density at radius 2 is 1.59 bits per heavy atom. The zero-order valence-electron chi connectivity index (χ0n) is 16.7. The predicted molar refractivity (Wildman–Crippen MR) is 120 cm³/mol. The van der Waals surface area contributed by atoms with Gasteiger partial charge in [0.25, 0.3) is 0 Å². The van der Waals surface area contributed by atoms with Crippen molar-refractivity contribution >= 4 is 23.2 Å². The third kappa shape index (κ3) is 5.49. The van der Waals surface area contributed by atoms with Gasteiger partial charge in [-0.05, 0) is 35.7 Å². The summed E-state index contributed by atoms with van der Waals surface area (Å²) >= 11 is 0. The number of hydrogen-bond acceptors (Lipinski definition) is 2.